The Balaban J connectivity index is 2.56. The van der Waals surface area contributed by atoms with Gasteiger partial charge in [-0.05, 0) is 30.7 Å². The second-order valence-electron chi connectivity index (χ2n) is 4.52. The highest BCUT2D eigenvalue weighted by atomic mass is 16.5. The Morgan fingerprint density at radius 3 is 2.62 bits per heavy atom. The SMILES string of the molecule is CCCCOC(=O)c1ccc(NC(=O)[C@@H](N)CC#N)cc1. The van der Waals surface area contributed by atoms with Crippen molar-refractivity contribution in [2.45, 2.75) is 32.2 Å². The van der Waals surface area contributed by atoms with Crippen molar-refractivity contribution in [2.24, 2.45) is 5.73 Å². The Hall–Kier alpha value is -2.39. The molecule has 112 valence electrons. The van der Waals surface area contributed by atoms with Crippen LogP contribution in [-0.2, 0) is 9.53 Å². The normalized spacial score (nSPS) is 11.3. The Kier molecular flexibility index (Phi) is 6.92. The minimum atomic E-state index is -0.867. The van der Waals surface area contributed by atoms with Gasteiger partial charge in [-0.25, -0.2) is 4.79 Å². The van der Waals surface area contributed by atoms with Gasteiger partial charge in [0.05, 0.1) is 30.7 Å². The molecule has 0 radical (unpaired) electrons. The molecule has 6 nitrogen and oxygen atoms in total. The molecule has 21 heavy (non-hydrogen) atoms. The van der Waals surface area contributed by atoms with Crippen molar-refractivity contribution in [3.05, 3.63) is 29.8 Å². The van der Waals surface area contributed by atoms with E-state index in [0.29, 0.717) is 17.9 Å². The molecule has 1 aromatic carbocycles. The summed E-state index contributed by atoms with van der Waals surface area (Å²) in [5, 5.41) is 11.1. The summed E-state index contributed by atoms with van der Waals surface area (Å²) < 4.78 is 5.08. The number of nitrogens with zero attached hydrogens (tertiary/aromatic N) is 1. The Labute approximate surface area is 123 Å². The molecule has 0 aliphatic carbocycles. The topological polar surface area (TPSA) is 105 Å². The van der Waals surface area contributed by atoms with Crippen LogP contribution in [-0.4, -0.2) is 24.5 Å². The number of ether oxygens (including phenoxy) is 1. The Morgan fingerprint density at radius 1 is 1.38 bits per heavy atom. The van der Waals surface area contributed by atoms with Crippen LogP contribution in [0.1, 0.15) is 36.5 Å². The lowest BCUT2D eigenvalue weighted by Crippen LogP contribution is -2.35. The highest BCUT2D eigenvalue weighted by molar-refractivity contribution is 5.95. The van der Waals surface area contributed by atoms with Crippen LogP contribution in [0.25, 0.3) is 0 Å². The largest absolute Gasteiger partial charge is 0.462 e. The molecule has 0 bridgehead atoms. The quantitative estimate of drug-likeness (QED) is 0.588. The summed E-state index contributed by atoms with van der Waals surface area (Å²) >= 11 is 0. The van der Waals surface area contributed by atoms with Crippen molar-refractivity contribution < 1.29 is 14.3 Å². The van der Waals surface area contributed by atoms with Crippen molar-refractivity contribution >= 4 is 17.6 Å². The summed E-state index contributed by atoms with van der Waals surface area (Å²) in [6.07, 6.45) is 1.74. The van der Waals surface area contributed by atoms with Crippen LogP contribution in [0.15, 0.2) is 24.3 Å². The van der Waals surface area contributed by atoms with E-state index in [0.717, 1.165) is 12.8 Å². The summed E-state index contributed by atoms with van der Waals surface area (Å²) in [7, 11) is 0. The van der Waals surface area contributed by atoms with Gasteiger partial charge in [0.15, 0.2) is 0 Å². The van der Waals surface area contributed by atoms with E-state index in [1.54, 1.807) is 24.3 Å². The molecule has 0 aliphatic rings. The van der Waals surface area contributed by atoms with Gasteiger partial charge < -0.3 is 15.8 Å². The molecule has 1 atom stereocenters. The van der Waals surface area contributed by atoms with E-state index in [2.05, 4.69) is 5.32 Å². The van der Waals surface area contributed by atoms with Crippen LogP contribution in [0.3, 0.4) is 0 Å². The number of nitrogens with two attached hydrogens (primary N) is 1. The van der Waals surface area contributed by atoms with Gasteiger partial charge in [0.25, 0.3) is 0 Å². The molecule has 1 aromatic rings. The monoisotopic (exact) mass is 289 g/mol. The van der Waals surface area contributed by atoms with Crippen LogP contribution < -0.4 is 11.1 Å². The number of nitrogens with one attached hydrogen (secondary N) is 1. The van der Waals surface area contributed by atoms with Crippen LogP contribution in [0.5, 0.6) is 0 Å². The molecule has 0 fully saturated rings. The van der Waals surface area contributed by atoms with Crippen LogP contribution >= 0.6 is 0 Å². The first-order valence-corrected chi connectivity index (χ1v) is 6.79. The van der Waals surface area contributed by atoms with Gasteiger partial charge in [0.2, 0.25) is 5.91 Å². The van der Waals surface area contributed by atoms with E-state index < -0.39 is 11.9 Å². The van der Waals surface area contributed by atoms with E-state index in [4.69, 9.17) is 15.7 Å². The van der Waals surface area contributed by atoms with Crippen molar-refractivity contribution in [1.82, 2.24) is 0 Å². The van der Waals surface area contributed by atoms with Crippen LogP contribution in [0, 0.1) is 11.3 Å². The Bertz CT molecular complexity index is 520. The third-order valence-corrected chi connectivity index (χ3v) is 2.77. The summed E-state index contributed by atoms with van der Waals surface area (Å²) in [5.41, 5.74) is 6.45. The summed E-state index contributed by atoms with van der Waals surface area (Å²) in [6.45, 7) is 2.42. The summed E-state index contributed by atoms with van der Waals surface area (Å²) in [6, 6.07) is 7.29. The molecule has 0 spiro atoms. The lowest BCUT2D eigenvalue weighted by molar-refractivity contribution is -0.117. The zero-order valence-corrected chi connectivity index (χ0v) is 12.0. The minimum absolute atomic E-state index is 0.0479. The second-order valence-corrected chi connectivity index (χ2v) is 4.52. The summed E-state index contributed by atoms with van der Waals surface area (Å²) in [4.78, 5) is 23.3. The number of hydrogen-bond donors (Lipinski definition) is 2. The van der Waals surface area contributed by atoms with Crippen LogP contribution in [0.2, 0.25) is 0 Å². The standard InChI is InChI=1S/C15H19N3O3/c1-2-3-10-21-15(20)11-4-6-12(7-5-11)18-14(19)13(17)8-9-16/h4-7,13H,2-3,8,10,17H2,1H3,(H,18,19)/t13-/m0/s1. The summed E-state index contributed by atoms with van der Waals surface area (Å²) in [5.74, 6) is -0.822. The minimum Gasteiger partial charge on any atom is -0.462 e. The van der Waals surface area contributed by atoms with Gasteiger partial charge in [-0.1, -0.05) is 13.3 Å². The predicted molar refractivity (Wildman–Crippen MR) is 78.5 cm³/mol. The first-order valence-electron chi connectivity index (χ1n) is 6.79. The van der Waals surface area contributed by atoms with Crippen molar-refractivity contribution in [1.29, 1.82) is 5.26 Å². The maximum Gasteiger partial charge on any atom is 0.338 e. The number of unbranched alkanes of at least 4 members (excludes halogenated alkanes) is 1. The smallest absolute Gasteiger partial charge is 0.338 e. The number of hydrogen-bond acceptors (Lipinski definition) is 5. The number of carbonyl (C=O) groups is 2. The second kappa shape index (κ2) is 8.72. The number of anilines is 1. The zero-order valence-electron chi connectivity index (χ0n) is 12.0. The predicted octanol–water partition coefficient (Wildman–Crippen LogP) is 1.82. The molecule has 3 N–H and O–H groups in total. The molecular formula is C15H19N3O3. The van der Waals surface area contributed by atoms with E-state index in [1.165, 1.54) is 0 Å². The van der Waals surface area contributed by atoms with Crippen LogP contribution in [0.4, 0.5) is 5.69 Å². The number of carbonyl (C=O) groups excluding carboxylic acids is 2. The van der Waals surface area contributed by atoms with E-state index in [-0.39, 0.29) is 12.4 Å². The van der Waals surface area contributed by atoms with E-state index in [1.807, 2.05) is 13.0 Å². The lowest BCUT2D eigenvalue weighted by atomic mass is 10.2. The van der Waals surface area contributed by atoms with E-state index >= 15 is 0 Å². The zero-order chi connectivity index (χ0) is 15.7. The molecule has 1 rings (SSSR count). The van der Waals surface area contributed by atoms with Gasteiger partial charge >= 0.3 is 5.97 Å². The lowest BCUT2D eigenvalue weighted by Gasteiger charge is -2.09. The number of nitriles is 1. The number of esters is 1. The van der Waals surface area contributed by atoms with Crippen molar-refractivity contribution in [3.63, 3.8) is 0 Å². The first-order chi connectivity index (χ1) is 10.1. The van der Waals surface area contributed by atoms with Crippen molar-refractivity contribution in [3.8, 4) is 6.07 Å². The molecule has 0 aliphatic heterocycles. The fourth-order valence-electron chi connectivity index (χ4n) is 1.51. The first kappa shape index (κ1) is 16.7. The molecular weight excluding hydrogens is 270 g/mol. The molecule has 0 aromatic heterocycles. The van der Waals surface area contributed by atoms with Gasteiger partial charge in [-0.2, -0.15) is 5.26 Å². The highest BCUT2D eigenvalue weighted by Gasteiger charge is 2.13. The highest BCUT2D eigenvalue weighted by Crippen LogP contribution is 2.11. The average Bonchev–Trinajstić information content (AvgIpc) is 2.48. The molecule has 0 heterocycles. The molecule has 0 saturated carbocycles. The third kappa shape index (κ3) is 5.63. The van der Waals surface area contributed by atoms with Gasteiger partial charge in [0.1, 0.15) is 0 Å². The van der Waals surface area contributed by atoms with Gasteiger partial charge in [0, 0.05) is 5.69 Å². The van der Waals surface area contributed by atoms with E-state index in [9.17, 15) is 9.59 Å². The maximum atomic E-state index is 11.7. The number of benzene rings is 1. The van der Waals surface area contributed by atoms with Gasteiger partial charge in [-0.15, -0.1) is 0 Å². The fraction of sp³-hybridized carbons (Fsp3) is 0.400. The Morgan fingerprint density at radius 2 is 2.05 bits per heavy atom. The number of amides is 1. The number of rotatable bonds is 7. The van der Waals surface area contributed by atoms with Crippen molar-refractivity contribution in [2.75, 3.05) is 11.9 Å². The molecule has 1 amide bonds. The third-order valence-electron chi connectivity index (χ3n) is 2.77. The molecule has 6 heteroatoms. The fourth-order valence-corrected chi connectivity index (χ4v) is 1.51. The molecule has 0 unspecified atom stereocenters. The average molecular weight is 289 g/mol. The maximum absolute atomic E-state index is 11.7. The van der Waals surface area contributed by atoms with Gasteiger partial charge in [-0.3, -0.25) is 4.79 Å². The molecule has 0 saturated heterocycles.